The Labute approximate surface area is 175 Å². The Balaban J connectivity index is 1.78. The van der Waals surface area contributed by atoms with Gasteiger partial charge in [-0.25, -0.2) is 0 Å². The smallest absolute Gasteiger partial charge is 0.393 e. The molecule has 2 atom stereocenters. The van der Waals surface area contributed by atoms with Crippen molar-refractivity contribution in [3.8, 4) is 0 Å². The maximum atomic E-state index is 13.0. The van der Waals surface area contributed by atoms with Crippen LogP contribution in [0.4, 0.5) is 32.0 Å². The largest absolute Gasteiger partial charge is 0.399 e. The summed E-state index contributed by atoms with van der Waals surface area (Å²) in [5, 5.41) is 0. The lowest BCUT2D eigenvalue weighted by Gasteiger charge is -2.34. The van der Waals surface area contributed by atoms with Crippen LogP contribution in [0, 0.1) is 11.8 Å². The zero-order valence-corrected chi connectivity index (χ0v) is 16.6. The second-order valence-corrected chi connectivity index (χ2v) is 8.11. The first kappa shape index (κ1) is 23.2. The lowest BCUT2D eigenvalue weighted by molar-refractivity contribution is -0.184. The third kappa shape index (κ3) is 5.43. The first-order valence-corrected chi connectivity index (χ1v) is 9.99. The number of nitrogen functional groups attached to an aromatic ring is 1. The molecule has 31 heavy (non-hydrogen) atoms. The number of rotatable bonds is 2. The van der Waals surface area contributed by atoms with Crippen molar-refractivity contribution in [1.29, 1.82) is 0 Å². The fourth-order valence-corrected chi connectivity index (χ4v) is 4.12. The van der Waals surface area contributed by atoms with Gasteiger partial charge in [0.15, 0.2) is 0 Å². The van der Waals surface area contributed by atoms with E-state index < -0.39 is 49.1 Å². The molecule has 2 heterocycles. The highest BCUT2D eigenvalue weighted by atomic mass is 19.4. The summed E-state index contributed by atoms with van der Waals surface area (Å²) in [5.41, 5.74) is 5.70. The third-order valence-electron chi connectivity index (χ3n) is 5.79. The molecule has 0 bridgehead atoms. The minimum Gasteiger partial charge on any atom is -0.399 e. The Kier molecular flexibility index (Phi) is 6.43. The molecule has 0 aromatic heterocycles. The van der Waals surface area contributed by atoms with Crippen molar-refractivity contribution in [1.82, 2.24) is 9.80 Å². The van der Waals surface area contributed by atoms with Gasteiger partial charge < -0.3 is 15.5 Å². The average Bonchev–Trinajstić information content (AvgIpc) is 2.71. The maximum absolute atomic E-state index is 13.0. The molecule has 11 heteroatoms. The number of nitrogens with two attached hydrogens (primary N) is 1. The Hall–Kier alpha value is -2.46. The summed E-state index contributed by atoms with van der Waals surface area (Å²) in [7, 11) is 0. The van der Waals surface area contributed by atoms with E-state index in [0.717, 1.165) is 9.80 Å². The first-order chi connectivity index (χ1) is 14.4. The number of amides is 2. The molecular weight excluding hydrogens is 428 g/mol. The van der Waals surface area contributed by atoms with Gasteiger partial charge >= 0.3 is 12.4 Å². The van der Waals surface area contributed by atoms with Crippen molar-refractivity contribution in [2.45, 2.75) is 38.0 Å². The molecule has 0 spiro atoms. The van der Waals surface area contributed by atoms with E-state index >= 15 is 0 Å². The number of alkyl halides is 6. The Morgan fingerprint density at radius 2 is 1.16 bits per heavy atom. The number of likely N-dealkylation sites (tertiary alicyclic amines) is 2. The highest BCUT2D eigenvalue weighted by molar-refractivity contribution is 6.01. The van der Waals surface area contributed by atoms with Crippen LogP contribution in [-0.4, -0.2) is 60.1 Å². The van der Waals surface area contributed by atoms with Gasteiger partial charge in [-0.05, 0) is 43.9 Å². The van der Waals surface area contributed by atoms with Crippen LogP contribution >= 0.6 is 0 Å². The number of anilines is 1. The fourth-order valence-electron chi connectivity index (χ4n) is 4.12. The monoisotopic (exact) mass is 451 g/mol. The van der Waals surface area contributed by atoms with Gasteiger partial charge in [-0.1, -0.05) is 0 Å². The van der Waals surface area contributed by atoms with E-state index in [1.54, 1.807) is 0 Å². The SMILES string of the molecule is Nc1cc(C(=O)N2CCCC(C(F)(F)F)C2)cc(C(=O)N2CCCC(C(F)(F)F)C2)c1. The number of nitrogens with zero attached hydrogens (tertiary/aromatic N) is 2. The van der Waals surface area contributed by atoms with Crippen LogP contribution in [0.5, 0.6) is 0 Å². The summed E-state index contributed by atoms with van der Waals surface area (Å²) in [5.74, 6) is -4.63. The zero-order chi connectivity index (χ0) is 23.0. The van der Waals surface area contributed by atoms with Crippen LogP contribution < -0.4 is 5.73 Å². The van der Waals surface area contributed by atoms with E-state index in [2.05, 4.69) is 0 Å². The molecule has 0 aliphatic carbocycles. The molecule has 172 valence electrons. The molecule has 2 unspecified atom stereocenters. The van der Waals surface area contributed by atoms with Gasteiger partial charge in [-0.2, -0.15) is 26.3 Å². The standard InChI is InChI=1S/C20H23F6N3O2/c21-19(22,23)14-3-1-5-28(10-14)17(30)12-7-13(9-16(27)8-12)18(31)29-6-2-4-15(11-29)20(24,25)26/h7-9,14-15H,1-6,10-11,27H2. The number of halogens is 6. The zero-order valence-electron chi connectivity index (χ0n) is 16.6. The van der Waals surface area contributed by atoms with Gasteiger partial charge in [0.25, 0.3) is 11.8 Å². The summed E-state index contributed by atoms with van der Waals surface area (Å²) in [6.07, 6.45) is -8.59. The van der Waals surface area contributed by atoms with Crippen molar-refractivity contribution in [2.75, 3.05) is 31.9 Å². The Morgan fingerprint density at radius 3 is 1.52 bits per heavy atom. The normalized spacial score (nSPS) is 23.0. The van der Waals surface area contributed by atoms with Gasteiger partial charge in [0.2, 0.25) is 0 Å². The van der Waals surface area contributed by atoms with E-state index in [4.69, 9.17) is 5.73 Å². The molecule has 2 saturated heterocycles. The van der Waals surface area contributed by atoms with E-state index in [9.17, 15) is 35.9 Å². The maximum Gasteiger partial charge on any atom is 0.393 e. The van der Waals surface area contributed by atoms with Crippen LogP contribution in [0.2, 0.25) is 0 Å². The van der Waals surface area contributed by atoms with E-state index in [1.807, 2.05) is 0 Å². The predicted octanol–water partition coefficient (Wildman–Crippen LogP) is 4.10. The van der Waals surface area contributed by atoms with Crippen LogP contribution in [0.25, 0.3) is 0 Å². The lowest BCUT2D eigenvalue weighted by atomic mass is 9.95. The number of piperidine rings is 2. The molecule has 0 saturated carbocycles. The molecular formula is C20H23F6N3O2. The Bertz CT molecular complexity index is 775. The van der Waals surface area contributed by atoms with Crippen LogP contribution in [-0.2, 0) is 0 Å². The average molecular weight is 451 g/mol. The van der Waals surface area contributed by atoms with E-state index in [-0.39, 0.29) is 55.6 Å². The van der Waals surface area contributed by atoms with Crippen molar-refractivity contribution < 1.29 is 35.9 Å². The van der Waals surface area contributed by atoms with Gasteiger partial charge in [0.1, 0.15) is 0 Å². The number of carbonyl (C=O) groups is 2. The summed E-state index contributed by atoms with van der Waals surface area (Å²) in [6.45, 7) is -0.689. The van der Waals surface area contributed by atoms with Gasteiger partial charge in [-0.15, -0.1) is 0 Å². The molecule has 0 radical (unpaired) electrons. The molecule has 2 amide bonds. The topological polar surface area (TPSA) is 66.6 Å². The van der Waals surface area contributed by atoms with Crippen molar-refractivity contribution in [2.24, 2.45) is 11.8 Å². The minimum atomic E-state index is -4.42. The fraction of sp³-hybridized carbons (Fsp3) is 0.600. The summed E-state index contributed by atoms with van der Waals surface area (Å²) in [6, 6.07) is 3.70. The minimum absolute atomic E-state index is 0.0305. The molecule has 3 rings (SSSR count). The van der Waals surface area contributed by atoms with Gasteiger partial charge in [0.05, 0.1) is 11.8 Å². The number of hydrogen-bond acceptors (Lipinski definition) is 3. The number of carbonyl (C=O) groups excluding carboxylic acids is 2. The van der Waals surface area contributed by atoms with Crippen LogP contribution in [0.3, 0.4) is 0 Å². The van der Waals surface area contributed by atoms with Crippen molar-refractivity contribution in [3.63, 3.8) is 0 Å². The molecule has 5 nitrogen and oxygen atoms in total. The molecule has 1 aromatic rings. The van der Waals surface area contributed by atoms with E-state index in [1.165, 1.54) is 18.2 Å². The second-order valence-electron chi connectivity index (χ2n) is 8.11. The predicted molar refractivity (Wildman–Crippen MR) is 100 cm³/mol. The summed E-state index contributed by atoms with van der Waals surface area (Å²) < 4.78 is 78.3. The van der Waals surface area contributed by atoms with Crippen LogP contribution in [0.15, 0.2) is 18.2 Å². The molecule has 2 aliphatic heterocycles. The lowest BCUT2D eigenvalue weighted by Crippen LogP contribution is -2.45. The van der Waals surface area contributed by atoms with Gasteiger partial charge in [0, 0.05) is 43.0 Å². The highest BCUT2D eigenvalue weighted by Gasteiger charge is 2.44. The molecule has 1 aromatic carbocycles. The number of benzene rings is 1. The van der Waals surface area contributed by atoms with Crippen molar-refractivity contribution >= 4 is 17.5 Å². The quantitative estimate of drug-likeness (QED) is 0.544. The molecule has 2 fully saturated rings. The Morgan fingerprint density at radius 1 is 0.774 bits per heavy atom. The molecule has 2 N–H and O–H groups in total. The summed E-state index contributed by atoms with van der Waals surface area (Å²) in [4.78, 5) is 27.7. The van der Waals surface area contributed by atoms with Crippen molar-refractivity contribution in [3.05, 3.63) is 29.3 Å². The summed E-state index contributed by atoms with van der Waals surface area (Å²) >= 11 is 0. The molecule has 2 aliphatic rings. The first-order valence-electron chi connectivity index (χ1n) is 9.99. The number of hydrogen-bond donors (Lipinski definition) is 1. The second kappa shape index (κ2) is 8.58. The third-order valence-corrected chi connectivity index (χ3v) is 5.79. The van der Waals surface area contributed by atoms with Crippen LogP contribution in [0.1, 0.15) is 46.4 Å². The van der Waals surface area contributed by atoms with E-state index in [0.29, 0.717) is 0 Å². The van der Waals surface area contributed by atoms with Gasteiger partial charge in [-0.3, -0.25) is 9.59 Å². The highest BCUT2D eigenvalue weighted by Crippen LogP contribution is 2.35.